The zero-order chi connectivity index (χ0) is 33.0. The van der Waals surface area contributed by atoms with Gasteiger partial charge < -0.3 is 0 Å². The minimum atomic E-state index is -8.76. The summed E-state index contributed by atoms with van der Waals surface area (Å²) in [6.07, 6.45) is -7.86. The SMILES string of the molecule is Cc1cc2c3cc(C)c(F)cc3[se+](C(F)(F)C(F)(F)C(F)(F)C(F)(F)C(F)(F)C(F)(F)C(F)(F)C(F)(F)F)c2cc1F. The van der Waals surface area contributed by atoms with Crippen LogP contribution in [0.4, 0.5) is 83.4 Å². The second kappa shape index (κ2) is 9.32. The minimum absolute atomic E-state index is 0.0511. The Morgan fingerprint density at radius 3 is 1.02 bits per heavy atom. The summed E-state index contributed by atoms with van der Waals surface area (Å²) in [6, 6.07) is 1.46. The topological polar surface area (TPSA) is 0 Å². The molecule has 0 nitrogen and oxygen atoms in total. The van der Waals surface area contributed by atoms with E-state index in [-0.39, 0.29) is 12.1 Å². The Hall–Kier alpha value is -2.37. The van der Waals surface area contributed by atoms with E-state index in [1.165, 1.54) is 0 Å². The van der Waals surface area contributed by atoms with Crippen molar-refractivity contribution >= 4 is 32.7 Å². The van der Waals surface area contributed by atoms with Crippen molar-refractivity contribution in [1.82, 2.24) is 0 Å². The third-order valence-electron chi connectivity index (χ3n) is 6.20. The number of rotatable bonds is 7. The van der Waals surface area contributed by atoms with E-state index in [4.69, 9.17) is 0 Å². The van der Waals surface area contributed by atoms with Gasteiger partial charge in [-0.3, -0.25) is 0 Å². The summed E-state index contributed by atoms with van der Waals surface area (Å²) in [5.41, 5.74) is -0.790. The van der Waals surface area contributed by atoms with E-state index in [1.54, 1.807) is 0 Å². The molecule has 0 aliphatic rings. The number of aryl methyl sites for hydroxylation is 2. The van der Waals surface area contributed by atoms with Gasteiger partial charge in [0.1, 0.15) is 0 Å². The van der Waals surface area contributed by atoms with Crippen molar-refractivity contribution in [2.24, 2.45) is 0 Å². The molecule has 20 heteroatoms. The van der Waals surface area contributed by atoms with Crippen LogP contribution in [0.3, 0.4) is 0 Å². The molecule has 3 aromatic rings. The monoisotopic (exact) mass is 715 g/mol. The first-order valence-electron chi connectivity index (χ1n) is 10.5. The van der Waals surface area contributed by atoms with Gasteiger partial charge in [-0.2, -0.15) is 0 Å². The Kier molecular flexibility index (Phi) is 7.57. The summed E-state index contributed by atoms with van der Waals surface area (Å²) in [5, 5.41) is -1.27. The fourth-order valence-corrected chi connectivity index (χ4v) is 8.78. The molecule has 0 saturated heterocycles. The molecular weight excluding hydrogens is 704 g/mol. The number of fused-ring (bicyclic) bond motifs is 3. The second-order valence-corrected chi connectivity index (χ2v) is 13.2. The van der Waals surface area contributed by atoms with E-state index in [2.05, 4.69) is 0 Å². The number of hydrogen-bond acceptors (Lipinski definition) is 0. The first-order valence-corrected chi connectivity index (χ1v) is 13.1. The average Bonchev–Trinajstić information content (AvgIpc) is 3.10. The average molecular weight is 714 g/mol. The van der Waals surface area contributed by atoms with Crippen LogP contribution >= 0.6 is 0 Å². The molecule has 0 N–H and O–H groups in total. The van der Waals surface area contributed by atoms with E-state index in [9.17, 15) is 74.6 Å². The zero-order valence-corrected chi connectivity index (χ0v) is 21.6. The first-order chi connectivity index (χ1) is 18.4. The molecule has 0 bridgehead atoms. The molecule has 236 valence electrons. The first kappa shape index (κ1) is 34.1. The van der Waals surface area contributed by atoms with Crippen LogP contribution in [0.5, 0.6) is 0 Å². The van der Waals surface area contributed by atoms with E-state index in [1.807, 2.05) is 0 Å². The molecule has 0 radical (unpaired) electrons. The van der Waals surface area contributed by atoms with Crippen molar-refractivity contribution in [1.29, 1.82) is 0 Å². The fraction of sp³-hybridized carbons (Fsp3) is 0.455. The number of hydrogen-bond donors (Lipinski definition) is 0. The van der Waals surface area contributed by atoms with Gasteiger partial charge in [-0.1, -0.05) is 0 Å². The molecule has 3 rings (SSSR count). The van der Waals surface area contributed by atoms with Crippen molar-refractivity contribution in [3.63, 3.8) is 0 Å². The van der Waals surface area contributed by atoms with Gasteiger partial charge in [0.2, 0.25) is 0 Å². The van der Waals surface area contributed by atoms with Crippen molar-refractivity contribution in [3.8, 4) is 0 Å². The molecule has 42 heavy (non-hydrogen) atoms. The molecule has 0 aliphatic carbocycles. The molecule has 0 saturated carbocycles. The van der Waals surface area contributed by atoms with E-state index in [0.717, 1.165) is 13.8 Å². The van der Waals surface area contributed by atoms with Gasteiger partial charge in [0.05, 0.1) is 0 Å². The van der Waals surface area contributed by atoms with E-state index in [0.29, 0.717) is 12.1 Å². The molecule has 0 atom stereocenters. The number of benzene rings is 2. The van der Waals surface area contributed by atoms with Crippen molar-refractivity contribution < 1.29 is 83.4 Å². The van der Waals surface area contributed by atoms with Crippen molar-refractivity contribution in [2.45, 2.75) is 60.4 Å². The van der Waals surface area contributed by atoms with E-state index >= 15 is 8.78 Å². The number of alkyl halides is 17. The van der Waals surface area contributed by atoms with Crippen LogP contribution in [0.1, 0.15) is 11.1 Å². The molecule has 0 aliphatic heterocycles. The third kappa shape index (κ3) is 4.13. The molecule has 0 amide bonds. The van der Waals surface area contributed by atoms with Gasteiger partial charge in [-0.05, 0) is 0 Å². The summed E-state index contributed by atoms with van der Waals surface area (Å²) < 4.78 is 261. The molecule has 0 fully saturated rings. The molecule has 2 aromatic carbocycles. The second-order valence-electron chi connectivity index (χ2n) is 8.96. The third-order valence-corrected chi connectivity index (χ3v) is 11.1. The van der Waals surface area contributed by atoms with Crippen LogP contribution < -0.4 is 0 Å². The maximum absolute atomic E-state index is 15.3. The van der Waals surface area contributed by atoms with Gasteiger partial charge in [-0.15, -0.1) is 0 Å². The predicted molar refractivity (Wildman–Crippen MR) is 108 cm³/mol. The summed E-state index contributed by atoms with van der Waals surface area (Å²) in [6.45, 7) is 1.97. The van der Waals surface area contributed by atoms with Gasteiger partial charge in [-0.25, -0.2) is 0 Å². The summed E-state index contributed by atoms with van der Waals surface area (Å²) in [5.74, 6) is -53.8. The Bertz CT molecular complexity index is 1480. The molecule has 1 heterocycles. The van der Waals surface area contributed by atoms with Crippen LogP contribution in [-0.4, -0.2) is 55.2 Å². The van der Waals surface area contributed by atoms with Gasteiger partial charge in [0.15, 0.2) is 0 Å². The van der Waals surface area contributed by atoms with Crippen LogP contribution in [0.15, 0.2) is 24.3 Å². The van der Waals surface area contributed by atoms with Crippen molar-refractivity contribution in [3.05, 3.63) is 47.0 Å². The standard InChI is InChI=1S/C22H10F19Se/c1-7-3-9-10-4-8(2)12(24)6-14(10)42(13(9)5-11(7)23)22(40,41)20(35,36)18(31,32)16(27,28)15(25,26)17(29,30)19(33,34)21(37,38)39/h3-6H,1-2H3/q+1. The van der Waals surface area contributed by atoms with Crippen molar-refractivity contribution in [2.75, 3.05) is 0 Å². The fourth-order valence-electron chi connectivity index (χ4n) is 3.76. The van der Waals surface area contributed by atoms with Crippen LogP contribution in [-0.2, 0) is 4.82 Å². The Morgan fingerprint density at radius 2 is 0.714 bits per heavy atom. The van der Waals surface area contributed by atoms with Gasteiger partial charge in [0.25, 0.3) is 0 Å². The summed E-state index contributed by atoms with van der Waals surface area (Å²) >= 11 is -5.58. The molecule has 0 unspecified atom stereocenters. The Morgan fingerprint density at radius 1 is 0.429 bits per heavy atom. The quantitative estimate of drug-likeness (QED) is 0.169. The molecule has 1 aromatic heterocycles. The Balaban J connectivity index is 2.37. The number of halogens is 19. The van der Waals surface area contributed by atoms with Crippen LogP contribution in [0, 0.1) is 25.5 Å². The molecular formula is C22H10F19Se+. The van der Waals surface area contributed by atoms with Crippen LogP contribution in [0.25, 0.3) is 19.3 Å². The van der Waals surface area contributed by atoms with Crippen LogP contribution in [0.2, 0.25) is 0 Å². The van der Waals surface area contributed by atoms with Gasteiger partial charge in [0, 0.05) is 0 Å². The summed E-state index contributed by atoms with van der Waals surface area (Å²) in [4.78, 5) is -6.78. The van der Waals surface area contributed by atoms with E-state index < -0.39 is 102 Å². The zero-order valence-electron chi connectivity index (χ0n) is 19.9. The normalized spacial score (nSPS) is 15.3. The predicted octanol–water partition coefficient (Wildman–Crippen LogP) is 9.56. The maximum atomic E-state index is 15.3. The summed E-state index contributed by atoms with van der Waals surface area (Å²) in [7, 11) is 0. The Labute approximate surface area is 224 Å². The van der Waals surface area contributed by atoms with Gasteiger partial charge >= 0.3 is 224 Å². The molecule has 0 spiro atoms.